The molecule has 3 atom stereocenters. The Balaban J connectivity index is 0.00000120. The molecule has 0 aromatic carbocycles. The summed E-state index contributed by atoms with van der Waals surface area (Å²) in [7, 11) is 0. The number of hydrogen-bond acceptors (Lipinski definition) is 3. The lowest BCUT2D eigenvalue weighted by Gasteiger charge is -2.22. The second kappa shape index (κ2) is 6.22. The number of carbonyl (C=O) groups excluding carboxylic acids is 1. The van der Waals surface area contributed by atoms with E-state index in [0.29, 0.717) is 30.4 Å². The summed E-state index contributed by atoms with van der Waals surface area (Å²) in [5.74, 6) is 1.65. The molecule has 3 rings (SSSR count). The highest BCUT2D eigenvalue weighted by Gasteiger charge is 2.53. The van der Waals surface area contributed by atoms with Crippen LogP contribution in [0.15, 0.2) is 0 Å². The minimum absolute atomic E-state index is 0. The summed E-state index contributed by atoms with van der Waals surface area (Å²) in [4.78, 5) is 11.8. The van der Waals surface area contributed by atoms with Gasteiger partial charge < -0.3 is 15.4 Å². The molecular weight excluding hydrogens is 252 g/mol. The Labute approximate surface area is 115 Å². The molecule has 0 spiro atoms. The van der Waals surface area contributed by atoms with Crippen molar-refractivity contribution in [2.45, 2.75) is 44.2 Å². The van der Waals surface area contributed by atoms with Crippen LogP contribution >= 0.6 is 12.4 Å². The van der Waals surface area contributed by atoms with Gasteiger partial charge in [-0.1, -0.05) is 0 Å². The van der Waals surface area contributed by atoms with E-state index in [4.69, 9.17) is 4.74 Å². The summed E-state index contributed by atoms with van der Waals surface area (Å²) in [6.07, 6.45) is 5.42. The van der Waals surface area contributed by atoms with Gasteiger partial charge in [-0.05, 0) is 37.5 Å². The van der Waals surface area contributed by atoms with Crippen molar-refractivity contribution in [3.63, 3.8) is 0 Å². The van der Waals surface area contributed by atoms with Crippen molar-refractivity contribution in [3.8, 4) is 0 Å². The second-order valence-corrected chi connectivity index (χ2v) is 5.61. The van der Waals surface area contributed by atoms with Crippen molar-refractivity contribution >= 4 is 18.3 Å². The van der Waals surface area contributed by atoms with Crippen LogP contribution in [-0.2, 0) is 9.53 Å². The summed E-state index contributed by atoms with van der Waals surface area (Å²) in [5.41, 5.74) is 0. The monoisotopic (exact) mass is 274 g/mol. The maximum absolute atomic E-state index is 11.8. The van der Waals surface area contributed by atoms with Gasteiger partial charge in [0.25, 0.3) is 0 Å². The number of amides is 1. The third-order valence-corrected chi connectivity index (χ3v) is 4.39. The van der Waals surface area contributed by atoms with Crippen LogP contribution in [0.5, 0.6) is 0 Å². The van der Waals surface area contributed by atoms with Crippen molar-refractivity contribution < 1.29 is 9.53 Å². The van der Waals surface area contributed by atoms with Gasteiger partial charge in [-0.15, -0.1) is 12.4 Å². The predicted octanol–water partition coefficient (Wildman–Crippen LogP) is 1.09. The molecule has 2 heterocycles. The molecule has 2 aliphatic heterocycles. The van der Waals surface area contributed by atoms with E-state index in [-0.39, 0.29) is 18.3 Å². The summed E-state index contributed by atoms with van der Waals surface area (Å²) >= 11 is 0. The van der Waals surface area contributed by atoms with Gasteiger partial charge >= 0.3 is 0 Å². The Bertz CT molecular complexity index is 285. The van der Waals surface area contributed by atoms with Crippen LogP contribution in [0.4, 0.5) is 0 Å². The minimum atomic E-state index is 0. The molecule has 18 heavy (non-hydrogen) atoms. The van der Waals surface area contributed by atoms with E-state index >= 15 is 0 Å². The lowest BCUT2D eigenvalue weighted by Crippen LogP contribution is -2.33. The normalized spacial score (nSPS) is 37.6. The third-order valence-electron chi connectivity index (χ3n) is 4.39. The van der Waals surface area contributed by atoms with Crippen molar-refractivity contribution in [2.24, 2.45) is 11.8 Å². The molecule has 0 aromatic heterocycles. The van der Waals surface area contributed by atoms with Crippen molar-refractivity contribution in [2.75, 3.05) is 19.7 Å². The first-order valence-electron chi connectivity index (χ1n) is 6.96. The largest absolute Gasteiger partial charge is 0.378 e. The number of halogens is 1. The number of carbonyl (C=O) groups is 1. The van der Waals surface area contributed by atoms with Crippen LogP contribution in [-0.4, -0.2) is 37.7 Å². The molecule has 0 bridgehead atoms. The van der Waals surface area contributed by atoms with Gasteiger partial charge in [-0.25, -0.2) is 0 Å². The maximum atomic E-state index is 11.8. The molecule has 3 fully saturated rings. The van der Waals surface area contributed by atoms with E-state index in [2.05, 4.69) is 10.6 Å². The summed E-state index contributed by atoms with van der Waals surface area (Å²) in [6, 6.07) is 0.469. The molecule has 3 unspecified atom stereocenters. The third kappa shape index (κ3) is 3.16. The Hall–Kier alpha value is -0.320. The standard InChI is InChI=1S/C13H22N2O2.ClH/c16-12(5-4-9-3-1-2-6-17-9)15-13-10-7-14-8-11(10)13;/h9-11,13-14H,1-8H2,(H,15,16);1H. The summed E-state index contributed by atoms with van der Waals surface area (Å²) in [6.45, 7) is 3.05. The average Bonchev–Trinajstić information content (AvgIpc) is 2.79. The Morgan fingerprint density at radius 1 is 1.28 bits per heavy atom. The highest BCUT2D eigenvalue weighted by Crippen LogP contribution is 2.41. The van der Waals surface area contributed by atoms with Crippen molar-refractivity contribution in [3.05, 3.63) is 0 Å². The van der Waals surface area contributed by atoms with E-state index < -0.39 is 0 Å². The van der Waals surface area contributed by atoms with Gasteiger partial charge in [-0.3, -0.25) is 4.79 Å². The predicted molar refractivity (Wildman–Crippen MR) is 71.9 cm³/mol. The molecule has 2 N–H and O–H groups in total. The van der Waals surface area contributed by atoms with Crippen LogP contribution in [0, 0.1) is 11.8 Å². The molecule has 4 nitrogen and oxygen atoms in total. The Morgan fingerprint density at radius 3 is 2.72 bits per heavy atom. The quantitative estimate of drug-likeness (QED) is 0.807. The van der Waals surface area contributed by atoms with Crippen molar-refractivity contribution in [1.29, 1.82) is 0 Å². The zero-order chi connectivity index (χ0) is 11.7. The first kappa shape index (κ1) is 14.1. The summed E-state index contributed by atoms with van der Waals surface area (Å²) < 4.78 is 5.63. The fourth-order valence-corrected chi connectivity index (χ4v) is 3.22. The average molecular weight is 275 g/mol. The van der Waals surface area contributed by atoms with Gasteiger partial charge in [0.2, 0.25) is 5.91 Å². The molecule has 5 heteroatoms. The Kier molecular flexibility index (Phi) is 4.87. The summed E-state index contributed by atoms with van der Waals surface area (Å²) in [5, 5.41) is 6.50. The Morgan fingerprint density at radius 2 is 2.06 bits per heavy atom. The van der Waals surface area contributed by atoms with Crippen LogP contribution in [0.1, 0.15) is 32.1 Å². The molecule has 104 valence electrons. The van der Waals surface area contributed by atoms with Crippen LogP contribution in [0.2, 0.25) is 0 Å². The van der Waals surface area contributed by atoms with E-state index in [9.17, 15) is 4.79 Å². The lowest BCUT2D eigenvalue weighted by atomic mass is 10.0. The zero-order valence-corrected chi connectivity index (χ0v) is 11.5. The van der Waals surface area contributed by atoms with Gasteiger partial charge in [0, 0.05) is 32.2 Å². The second-order valence-electron chi connectivity index (χ2n) is 5.61. The molecule has 1 amide bonds. The number of rotatable bonds is 4. The minimum Gasteiger partial charge on any atom is -0.378 e. The van der Waals surface area contributed by atoms with E-state index in [1.165, 1.54) is 12.8 Å². The van der Waals surface area contributed by atoms with Crippen LogP contribution in [0.3, 0.4) is 0 Å². The van der Waals surface area contributed by atoms with Gasteiger partial charge in [0.1, 0.15) is 0 Å². The van der Waals surface area contributed by atoms with E-state index in [1.54, 1.807) is 0 Å². The SMILES string of the molecule is Cl.O=C(CCC1CCCCO1)NC1C2CNCC21. The number of fused-ring (bicyclic) bond motifs is 1. The molecule has 2 saturated heterocycles. The fourth-order valence-electron chi connectivity index (χ4n) is 3.22. The zero-order valence-electron chi connectivity index (χ0n) is 10.7. The topological polar surface area (TPSA) is 50.4 Å². The van der Waals surface area contributed by atoms with E-state index in [0.717, 1.165) is 32.5 Å². The molecule has 0 aromatic rings. The van der Waals surface area contributed by atoms with Crippen LogP contribution in [0.25, 0.3) is 0 Å². The molecular formula is C13H23ClN2O2. The molecule has 0 radical (unpaired) electrons. The number of piperidine rings is 1. The lowest BCUT2D eigenvalue weighted by molar-refractivity contribution is -0.122. The first-order valence-corrected chi connectivity index (χ1v) is 6.96. The smallest absolute Gasteiger partial charge is 0.220 e. The molecule has 3 aliphatic rings. The van der Waals surface area contributed by atoms with Gasteiger partial charge in [-0.2, -0.15) is 0 Å². The molecule has 1 aliphatic carbocycles. The van der Waals surface area contributed by atoms with E-state index in [1.807, 2.05) is 0 Å². The van der Waals surface area contributed by atoms with Crippen LogP contribution < -0.4 is 10.6 Å². The highest BCUT2D eigenvalue weighted by atomic mass is 35.5. The number of hydrogen-bond donors (Lipinski definition) is 2. The number of ether oxygens (including phenoxy) is 1. The fraction of sp³-hybridized carbons (Fsp3) is 0.923. The van der Waals surface area contributed by atoms with Crippen molar-refractivity contribution in [1.82, 2.24) is 10.6 Å². The molecule has 1 saturated carbocycles. The highest BCUT2D eigenvalue weighted by molar-refractivity contribution is 5.85. The van der Waals surface area contributed by atoms with Gasteiger partial charge in [0.15, 0.2) is 0 Å². The van der Waals surface area contributed by atoms with Gasteiger partial charge in [0.05, 0.1) is 6.10 Å². The maximum Gasteiger partial charge on any atom is 0.220 e. The first-order chi connectivity index (χ1) is 8.34. The number of nitrogens with one attached hydrogen (secondary N) is 2.